The van der Waals surface area contributed by atoms with Gasteiger partial charge < -0.3 is 9.64 Å². The van der Waals surface area contributed by atoms with Crippen molar-refractivity contribution < 1.29 is 18.3 Å². The zero-order valence-corrected chi connectivity index (χ0v) is 14.7. The van der Waals surface area contributed by atoms with Crippen molar-refractivity contribution in [3.63, 3.8) is 0 Å². The summed E-state index contributed by atoms with van der Waals surface area (Å²) in [6, 6.07) is 7.60. The predicted molar refractivity (Wildman–Crippen MR) is 92.1 cm³/mol. The second kappa shape index (κ2) is 7.41. The van der Waals surface area contributed by atoms with E-state index >= 15 is 0 Å². The molecule has 6 nitrogen and oxygen atoms in total. The lowest BCUT2D eigenvalue weighted by Crippen LogP contribution is -2.43. The van der Waals surface area contributed by atoms with E-state index in [-0.39, 0.29) is 12.5 Å². The Morgan fingerprint density at radius 2 is 2.31 bits per heavy atom. The summed E-state index contributed by atoms with van der Waals surface area (Å²) in [6.45, 7) is 2.01. The van der Waals surface area contributed by atoms with E-state index in [0.29, 0.717) is 12.3 Å². The highest BCUT2D eigenvalue weighted by Gasteiger charge is 2.43. The van der Waals surface area contributed by atoms with Crippen LogP contribution >= 0.6 is 0 Å². The van der Waals surface area contributed by atoms with Gasteiger partial charge in [-0.2, -0.15) is 5.10 Å². The lowest BCUT2D eigenvalue weighted by molar-refractivity contribution is -0.132. The summed E-state index contributed by atoms with van der Waals surface area (Å²) >= 11 is 0. The minimum atomic E-state index is -2.82. The van der Waals surface area contributed by atoms with E-state index in [2.05, 4.69) is 21.6 Å². The number of rotatable bonds is 6. The number of nitrogens with one attached hydrogen (secondary N) is 2. The maximum absolute atomic E-state index is 13.2. The molecular weight excluding hydrogens is 342 g/mol. The average Bonchev–Trinajstić information content (AvgIpc) is 3.19. The third-order valence-electron chi connectivity index (χ3n) is 4.38. The van der Waals surface area contributed by atoms with E-state index in [0.717, 1.165) is 16.8 Å². The zero-order chi connectivity index (χ0) is 18.7. The minimum absolute atomic E-state index is 0.257. The molecule has 1 radical (unpaired) electrons. The fraction of sp³-hybridized carbons (Fsp3) is 0.444. The predicted octanol–water partition coefficient (Wildman–Crippen LogP) is 2.02. The summed E-state index contributed by atoms with van der Waals surface area (Å²) in [5, 5.41) is 9.47. The van der Waals surface area contributed by atoms with Crippen LogP contribution < -0.4 is 10.1 Å². The highest BCUT2D eigenvalue weighted by atomic mass is 19.3. The van der Waals surface area contributed by atoms with Crippen LogP contribution in [0.2, 0.25) is 0 Å². The normalized spacial score (nSPS) is 18.7. The van der Waals surface area contributed by atoms with Crippen LogP contribution in [0.4, 0.5) is 8.78 Å². The van der Waals surface area contributed by atoms with Crippen LogP contribution in [0, 0.1) is 13.0 Å². The Morgan fingerprint density at radius 1 is 1.50 bits per heavy atom. The molecule has 0 unspecified atom stereocenters. The van der Waals surface area contributed by atoms with Crippen molar-refractivity contribution in [2.75, 3.05) is 26.7 Å². The first-order chi connectivity index (χ1) is 12.4. The van der Waals surface area contributed by atoms with Gasteiger partial charge in [0.2, 0.25) is 5.91 Å². The molecule has 139 valence electrons. The highest BCUT2D eigenvalue weighted by Crippen LogP contribution is 2.26. The fourth-order valence-corrected chi connectivity index (χ4v) is 2.91. The van der Waals surface area contributed by atoms with Crippen molar-refractivity contribution >= 4 is 5.91 Å². The maximum Gasteiger partial charge on any atom is 0.262 e. The maximum atomic E-state index is 13.2. The Kier molecular flexibility index (Phi) is 5.22. The van der Waals surface area contributed by atoms with Gasteiger partial charge in [-0.15, -0.1) is 0 Å². The lowest BCUT2D eigenvalue weighted by Gasteiger charge is -2.21. The molecule has 3 rings (SSSR count). The first-order valence-corrected chi connectivity index (χ1v) is 8.36. The van der Waals surface area contributed by atoms with Crippen LogP contribution in [0.25, 0.3) is 11.1 Å². The van der Waals surface area contributed by atoms with Crippen molar-refractivity contribution in [1.29, 1.82) is 0 Å². The van der Waals surface area contributed by atoms with Crippen LogP contribution in [-0.2, 0) is 4.79 Å². The molecule has 0 bridgehead atoms. The Hall–Kier alpha value is -2.48. The van der Waals surface area contributed by atoms with Crippen LogP contribution in [0.1, 0.15) is 12.1 Å². The number of alkyl halides is 2. The number of ether oxygens (including phenoxy) is 1. The van der Waals surface area contributed by atoms with Crippen LogP contribution in [-0.4, -0.2) is 59.7 Å². The van der Waals surface area contributed by atoms with Gasteiger partial charge in [-0.25, -0.2) is 8.78 Å². The number of aryl methyl sites for hydroxylation is 1. The average molecular weight is 363 g/mol. The van der Waals surface area contributed by atoms with E-state index in [1.165, 1.54) is 4.90 Å². The number of amides is 1. The van der Waals surface area contributed by atoms with Gasteiger partial charge in [-0.3, -0.25) is 15.2 Å². The summed E-state index contributed by atoms with van der Waals surface area (Å²) in [6.07, 6.45) is 1.34. The topological polar surface area (TPSA) is 70.2 Å². The Balaban J connectivity index is 1.52. The van der Waals surface area contributed by atoms with E-state index in [1.54, 1.807) is 19.3 Å². The van der Waals surface area contributed by atoms with Gasteiger partial charge in [0.05, 0.1) is 24.8 Å². The molecule has 1 amide bonds. The number of hydrogen-bond acceptors (Lipinski definition) is 4. The second-order valence-electron chi connectivity index (χ2n) is 6.44. The molecule has 8 heteroatoms. The highest BCUT2D eigenvalue weighted by molar-refractivity contribution is 5.82. The minimum Gasteiger partial charge on any atom is -0.492 e. The molecule has 0 spiro atoms. The third kappa shape index (κ3) is 4.19. The van der Waals surface area contributed by atoms with Crippen molar-refractivity contribution in [1.82, 2.24) is 20.4 Å². The molecule has 1 aliphatic rings. The van der Waals surface area contributed by atoms with Crippen LogP contribution in [0.5, 0.6) is 5.75 Å². The largest absolute Gasteiger partial charge is 0.492 e. The van der Waals surface area contributed by atoms with Gasteiger partial charge >= 0.3 is 0 Å². The summed E-state index contributed by atoms with van der Waals surface area (Å²) in [5.41, 5.74) is 2.77. The molecule has 2 N–H and O–H groups in total. The number of benzene rings is 1. The van der Waals surface area contributed by atoms with Gasteiger partial charge in [-0.1, -0.05) is 0 Å². The van der Waals surface area contributed by atoms with Crippen molar-refractivity contribution in [3.8, 4) is 16.9 Å². The monoisotopic (exact) mass is 363 g/mol. The summed E-state index contributed by atoms with van der Waals surface area (Å²) in [4.78, 5) is 13.6. The van der Waals surface area contributed by atoms with Crippen molar-refractivity contribution in [3.05, 3.63) is 36.2 Å². The van der Waals surface area contributed by atoms with Gasteiger partial charge in [0.15, 0.2) is 0 Å². The van der Waals surface area contributed by atoms with Gasteiger partial charge in [0.1, 0.15) is 12.4 Å². The van der Waals surface area contributed by atoms with E-state index < -0.39 is 24.9 Å². The molecule has 2 heterocycles. The van der Waals surface area contributed by atoms with Crippen molar-refractivity contribution in [2.45, 2.75) is 25.3 Å². The Bertz CT molecular complexity index is 778. The summed E-state index contributed by atoms with van der Waals surface area (Å²) in [5.74, 6) is -2.55. The lowest BCUT2D eigenvalue weighted by atomic mass is 10.1. The first kappa shape index (κ1) is 18.3. The van der Waals surface area contributed by atoms with Crippen molar-refractivity contribution in [2.24, 2.45) is 0 Å². The van der Waals surface area contributed by atoms with E-state index in [1.807, 2.05) is 19.1 Å². The SMILES string of the molecule is Cc1n[nH]cc1-c1c[c]cc(OCCN(C)C(=O)[C@H]2CC(F)(F)CN2)c1. The van der Waals surface area contributed by atoms with Gasteiger partial charge in [-0.05, 0) is 36.8 Å². The van der Waals surface area contributed by atoms with Crippen LogP contribution in [0.3, 0.4) is 0 Å². The van der Waals surface area contributed by atoms with E-state index in [9.17, 15) is 13.6 Å². The number of carbonyl (C=O) groups is 1. The molecular formula is C18H21F2N4O2. The molecule has 1 atom stereocenters. The molecule has 0 saturated carbocycles. The number of likely N-dealkylation sites (N-methyl/N-ethyl adjacent to an activating group) is 1. The standard InChI is InChI=1S/C18H21F2N4O2/c1-12-15(10-22-23-12)13-4-3-5-14(8-13)26-7-6-24(2)17(25)16-9-18(19,20)11-21-16/h4-5,8,10,16,21H,6-7,9,11H2,1-2H3,(H,22,23)/t16-/m1/s1. The number of nitrogens with zero attached hydrogens (tertiary/aromatic N) is 2. The first-order valence-electron chi connectivity index (χ1n) is 8.36. The zero-order valence-electron chi connectivity index (χ0n) is 14.7. The van der Waals surface area contributed by atoms with E-state index in [4.69, 9.17) is 4.74 Å². The Morgan fingerprint density at radius 3 is 2.96 bits per heavy atom. The number of hydrogen-bond donors (Lipinski definition) is 2. The van der Waals surface area contributed by atoms with Gasteiger partial charge in [0.25, 0.3) is 5.92 Å². The number of H-pyrrole nitrogens is 1. The molecule has 1 saturated heterocycles. The molecule has 1 aliphatic heterocycles. The number of halogens is 2. The molecule has 26 heavy (non-hydrogen) atoms. The van der Waals surface area contributed by atoms with Gasteiger partial charge in [0, 0.05) is 25.2 Å². The Labute approximate surface area is 150 Å². The number of aromatic nitrogens is 2. The second-order valence-corrected chi connectivity index (χ2v) is 6.44. The quantitative estimate of drug-likeness (QED) is 0.824. The molecule has 2 aromatic rings. The van der Waals surface area contributed by atoms with Crippen LogP contribution in [0.15, 0.2) is 24.4 Å². The molecule has 0 aliphatic carbocycles. The number of carbonyl (C=O) groups excluding carboxylic acids is 1. The molecule has 1 aromatic heterocycles. The fourth-order valence-electron chi connectivity index (χ4n) is 2.91. The summed E-state index contributed by atoms with van der Waals surface area (Å²) < 4.78 is 32.1. The molecule has 1 fully saturated rings. The molecule has 1 aromatic carbocycles. The third-order valence-corrected chi connectivity index (χ3v) is 4.38. The smallest absolute Gasteiger partial charge is 0.262 e. The number of aromatic amines is 1. The summed E-state index contributed by atoms with van der Waals surface area (Å²) in [7, 11) is 1.58.